The Kier molecular flexibility index (Phi) is 3.38. The molecule has 0 aliphatic rings. The van der Waals surface area contributed by atoms with Crippen LogP contribution in [-0.4, -0.2) is 10.1 Å². The molecule has 0 saturated heterocycles. The standard InChI is InChI=1S/C11H14BrN3OS/c1-11(2,3)8(13)10-14-9(15-16-10)7-4-6(12)5-17-7/h4-5,8H,13H2,1-3H3. The zero-order valence-electron chi connectivity index (χ0n) is 9.90. The van der Waals surface area contributed by atoms with E-state index in [9.17, 15) is 0 Å². The van der Waals surface area contributed by atoms with E-state index in [2.05, 4.69) is 26.1 Å². The second-order valence-corrected chi connectivity index (χ2v) is 6.76. The van der Waals surface area contributed by atoms with E-state index in [-0.39, 0.29) is 11.5 Å². The van der Waals surface area contributed by atoms with Gasteiger partial charge in [-0.25, -0.2) is 0 Å². The Morgan fingerprint density at radius 1 is 1.47 bits per heavy atom. The molecular formula is C11H14BrN3OS. The van der Waals surface area contributed by atoms with E-state index in [1.165, 1.54) is 0 Å². The van der Waals surface area contributed by atoms with Crippen molar-refractivity contribution >= 4 is 27.3 Å². The summed E-state index contributed by atoms with van der Waals surface area (Å²) >= 11 is 4.96. The fraction of sp³-hybridized carbons (Fsp3) is 0.455. The predicted octanol–water partition coefficient (Wildman–Crippen LogP) is 3.61. The van der Waals surface area contributed by atoms with Crippen LogP contribution in [0.2, 0.25) is 0 Å². The maximum absolute atomic E-state index is 6.07. The zero-order valence-corrected chi connectivity index (χ0v) is 12.3. The van der Waals surface area contributed by atoms with Crippen LogP contribution in [0.5, 0.6) is 0 Å². The van der Waals surface area contributed by atoms with Gasteiger partial charge in [0.1, 0.15) is 0 Å². The Bertz CT molecular complexity index is 515. The highest BCUT2D eigenvalue weighted by molar-refractivity contribution is 9.10. The smallest absolute Gasteiger partial charge is 0.244 e. The van der Waals surface area contributed by atoms with Gasteiger partial charge < -0.3 is 10.3 Å². The van der Waals surface area contributed by atoms with Gasteiger partial charge in [-0.15, -0.1) is 11.3 Å². The predicted molar refractivity (Wildman–Crippen MR) is 71.7 cm³/mol. The van der Waals surface area contributed by atoms with Gasteiger partial charge in [-0.3, -0.25) is 0 Å². The molecule has 0 bridgehead atoms. The van der Waals surface area contributed by atoms with Crippen LogP contribution >= 0.6 is 27.3 Å². The van der Waals surface area contributed by atoms with E-state index in [4.69, 9.17) is 10.3 Å². The molecule has 2 N–H and O–H groups in total. The third kappa shape index (κ3) is 2.75. The molecule has 1 atom stereocenters. The lowest BCUT2D eigenvalue weighted by molar-refractivity contribution is 0.253. The maximum Gasteiger partial charge on any atom is 0.244 e. The Balaban J connectivity index is 2.28. The molecule has 4 nitrogen and oxygen atoms in total. The maximum atomic E-state index is 6.07. The van der Waals surface area contributed by atoms with Crippen molar-refractivity contribution in [2.45, 2.75) is 26.8 Å². The van der Waals surface area contributed by atoms with Crippen molar-refractivity contribution < 1.29 is 4.52 Å². The van der Waals surface area contributed by atoms with Crippen LogP contribution in [0.15, 0.2) is 20.4 Å². The van der Waals surface area contributed by atoms with Crippen molar-refractivity contribution in [2.24, 2.45) is 11.1 Å². The van der Waals surface area contributed by atoms with Crippen LogP contribution in [0.3, 0.4) is 0 Å². The lowest BCUT2D eigenvalue weighted by atomic mass is 9.87. The van der Waals surface area contributed by atoms with Crippen LogP contribution < -0.4 is 5.73 Å². The lowest BCUT2D eigenvalue weighted by Gasteiger charge is -2.23. The highest BCUT2D eigenvalue weighted by atomic mass is 79.9. The third-order valence-corrected chi connectivity index (χ3v) is 4.12. The second kappa shape index (κ2) is 4.51. The van der Waals surface area contributed by atoms with Gasteiger partial charge in [0, 0.05) is 9.85 Å². The largest absolute Gasteiger partial charge is 0.337 e. The SMILES string of the molecule is CC(C)(C)C(N)c1nc(-c2cc(Br)cs2)no1. The molecule has 0 amide bonds. The highest BCUT2D eigenvalue weighted by Gasteiger charge is 2.27. The van der Waals surface area contributed by atoms with Gasteiger partial charge in [0.15, 0.2) is 0 Å². The number of halogens is 1. The molecule has 92 valence electrons. The van der Waals surface area contributed by atoms with E-state index in [1.807, 2.05) is 32.2 Å². The molecule has 1 unspecified atom stereocenters. The Morgan fingerprint density at radius 2 is 2.18 bits per heavy atom. The molecule has 0 fully saturated rings. The molecular weight excluding hydrogens is 302 g/mol. The summed E-state index contributed by atoms with van der Waals surface area (Å²) in [5.74, 6) is 1.08. The number of rotatable bonds is 2. The van der Waals surface area contributed by atoms with Crippen LogP contribution in [-0.2, 0) is 0 Å². The van der Waals surface area contributed by atoms with Crippen LogP contribution in [0.25, 0.3) is 10.7 Å². The number of aromatic nitrogens is 2. The molecule has 6 heteroatoms. The summed E-state index contributed by atoms with van der Waals surface area (Å²) < 4.78 is 6.24. The molecule has 2 heterocycles. The quantitative estimate of drug-likeness (QED) is 0.919. The number of nitrogens with two attached hydrogens (primary N) is 1. The molecule has 0 spiro atoms. The van der Waals surface area contributed by atoms with Crippen LogP contribution in [0.4, 0.5) is 0 Å². The molecule has 0 radical (unpaired) electrons. The van der Waals surface area contributed by atoms with Gasteiger partial charge >= 0.3 is 0 Å². The summed E-state index contributed by atoms with van der Waals surface area (Å²) in [6, 6.07) is 1.70. The summed E-state index contributed by atoms with van der Waals surface area (Å²) in [6.07, 6.45) is 0. The molecule has 0 aromatic carbocycles. The van der Waals surface area contributed by atoms with Gasteiger partial charge in [0.05, 0.1) is 10.9 Å². The molecule has 2 aromatic rings. The van der Waals surface area contributed by atoms with Gasteiger partial charge in [0.2, 0.25) is 11.7 Å². The first-order chi connectivity index (χ1) is 7.88. The first kappa shape index (κ1) is 12.7. The van der Waals surface area contributed by atoms with Crippen LogP contribution in [0, 0.1) is 5.41 Å². The van der Waals surface area contributed by atoms with Gasteiger partial charge in [0.25, 0.3) is 0 Å². The van der Waals surface area contributed by atoms with Gasteiger partial charge in [-0.2, -0.15) is 4.98 Å². The summed E-state index contributed by atoms with van der Waals surface area (Å²) in [5.41, 5.74) is 5.97. The van der Waals surface area contributed by atoms with Crippen molar-refractivity contribution in [3.8, 4) is 10.7 Å². The Morgan fingerprint density at radius 3 is 2.71 bits per heavy atom. The fourth-order valence-electron chi connectivity index (χ4n) is 1.26. The molecule has 0 aliphatic carbocycles. The number of hydrogen-bond acceptors (Lipinski definition) is 5. The van der Waals surface area contributed by atoms with E-state index in [0.717, 1.165) is 9.35 Å². The average Bonchev–Trinajstić information content (AvgIpc) is 2.83. The fourth-order valence-corrected chi connectivity index (χ4v) is 2.61. The Labute approximate surface area is 112 Å². The van der Waals surface area contributed by atoms with Crippen LogP contribution in [0.1, 0.15) is 32.7 Å². The van der Waals surface area contributed by atoms with Gasteiger partial charge in [-0.1, -0.05) is 25.9 Å². The van der Waals surface area contributed by atoms with Crippen molar-refractivity contribution in [1.82, 2.24) is 10.1 Å². The summed E-state index contributed by atoms with van der Waals surface area (Å²) in [4.78, 5) is 5.31. The molecule has 0 saturated carbocycles. The molecule has 0 aliphatic heterocycles. The summed E-state index contributed by atoms with van der Waals surface area (Å²) in [6.45, 7) is 6.13. The number of hydrogen-bond donors (Lipinski definition) is 1. The van der Waals surface area contributed by atoms with Crippen molar-refractivity contribution in [3.63, 3.8) is 0 Å². The first-order valence-corrected chi connectivity index (χ1v) is 6.89. The summed E-state index contributed by atoms with van der Waals surface area (Å²) in [7, 11) is 0. The monoisotopic (exact) mass is 315 g/mol. The molecule has 2 aromatic heterocycles. The highest BCUT2D eigenvalue weighted by Crippen LogP contribution is 2.32. The minimum Gasteiger partial charge on any atom is -0.337 e. The minimum atomic E-state index is -0.257. The molecule has 2 rings (SSSR count). The minimum absolute atomic E-state index is 0.0974. The van der Waals surface area contributed by atoms with Crippen molar-refractivity contribution in [3.05, 3.63) is 21.8 Å². The summed E-state index contributed by atoms with van der Waals surface area (Å²) in [5, 5.41) is 5.94. The van der Waals surface area contributed by atoms with Crippen molar-refractivity contribution in [1.29, 1.82) is 0 Å². The molecule has 17 heavy (non-hydrogen) atoms. The first-order valence-electron chi connectivity index (χ1n) is 5.21. The average molecular weight is 316 g/mol. The zero-order chi connectivity index (χ0) is 12.6. The Hall–Kier alpha value is -0.720. The van der Waals surface area contributed by atoms with Gasteiger partial charge in [-0.05, 0) is 27.4 Å². The van der Waals surface area contributed by atoms with E-state index >= 15 is 0 Å². The van der Waals surface area contributed by atoms with Crippen molar-refractivity contribution in [2.75, 3.05) is 0 Å². The van der Waals surface area contributed by atoms with E-state index in [0.29, 0.717) is 11.7 Å². The number of nitrogens with zero attached hydrogens (tertiary/aromatic N) is 2. The van der Waals surface area contributed by atoms with E-state index < -0.39 is 0 Å². The topological polar surface area (TPSA) is 64.9 Å². The van der Waals surface area contributed by atoms with E-state index in [1.54, 1.807) is 11.3 Å². The normalized spacial score (nSPS) is 13.9. The number of thiophene rings is 1. The second-order valence-electron chi connectivity index (χ2n) is 4.93. The lowest BCUT2D eigenvalue weighted by Crippen LogP contribution is -2.26. The third-order valence-electron chi connectivity index (χ3n) is 2.43.